The molecule has 1 unspecified atom stereocenters. The Morgan fingerprint density at radius 1 is 1.45 bits per heavy atom. The summed E-state index contributed by atoms with van der Waals surface area (Å²) in [5.74, 6) is 0.832. The molecule has 1 amide bonds. The fraction of sp³-hybridized carbons (Fsp3) is 0.467. The summed E-state index contributed by atoms with van der Waals surface area (Å²) in [5.41, 5.74) is 0. The molecule has 0 saturated carbocycles. The van der Waals surface area contributed by atoms with E-state index in [1.54, 1.807) is 6.20 Å². The maximum Gasteiger partial charge on any atom is 0.261 e. The van der Waals surface area contributed by atoms with Crippen molar-refractivity contribution < 1.29 is 4.79 Å². The van der Waals surface area contributed by atoms with Gasteiger partial charge in [0.25, 0.3) is 5.91 Å². The predicted octanol–water partition coefficient (Wildman–Crippen LogP) is 2.12. The number of fused-ring (bicyclic) bond motifs is 3. The van der Waals surface area contributed by atoms with Gasteiger partial charge in [0.2, 0.25) is 0 Å². The van der Waals surface area contributed by atoms with Crippen LogP contribution < -0.4 is 5.32 Å². The third kappa shape index (κ3) is 2.21. The Labute approximate surface area is 121 Å². The largest absolute Gasteiger partial charge is 0.347 e. The lowest BCUT2D eigenvalue weighted by atomic mass is 9.97. The first-order valence-electron chi connectivity index (χ1n) is 7.16. The lowest BCUT2D eigenvalue weighted by Crippen LogP contribution is -2.46. The van der Waals surface area contributed by atoms with Gasteiger partial charge in [-0.2, -0.15) is 0 Å². The van der Waals surface area contributed by atoms with E-state index in [9.17, 15) is 4.79 Å². The van der Waals surface area contributed by atoms with Gasteiger partial charge in [0, 0.05) is 30.7 Å². The van der Waals surface area contributed by atoms with Gasteiger partial charge < -0.3 is 10.2 Å². The van der Waals surface area contributed by atoms with Crippen molar-refractivity contribution in [2.45, 2.75) is 18.9 Å². The Hall–Kier alpha value is -1.46. The van der Waals surface area contributed by atoms with Crippen molar-refractivity contribution in [3.05, 3.63) is 29.3 Å². The second-order valence-corrected chi connectivity index (χ2v) is 6.86. The van der Waals surface area contributed by atoms with Crippen molar-refractivity contribution in [1.82, 2.24) is 15.2 Å². The summed E-state index contributed by atoms with van der Waals surface area (Å²) >= 11 is 1.47. The number of rotatable bonds is 2. The highest BCUT2D eigenvalue weighted by Crippen LogP contribution is 2.28. The summed E-state index contributed by atoms with van der Waals surface area (Å²) in [6.07, 6.45) is 4.19. The van der Waals surface area contributed by atoms with E-state index < -0.39 is 0 Å². The summed E-state index contributed by atoms with van der Waals surface area (Å²) in [7, 11) is 0. The highest BCUT2D eigenvalue weighted by Gasteiger charge is 2.33. The van der Waals surface area contributed by atoms with Gasteiger partial charge in [-0.25, -0.2) is 4.98 Å². The van der Waals surface area contributed by atoms with Gasteiger partial charge in [-0.3, -0.25) is 4.79 Å². The maximum atomic E-state index is 12.4. The van der Waals surface area contributed by atoms with E-state index in [-0.39, 0.29) is 5.91 Å². The van der Waals surface area contributed by atoms with E-state index in [1.807, 2.05) is 18.2 Å². The van der Waals surface area contributed by atoms with E-state index in [4.69, 9.17) is 0 Å². The van der Waals surface area contributed by atoms with Gasteiger partial charge >= 0.3 is 0 Å². The standard InChI is InChI=1S/C15H17N3OS/c19-14(13-7-11-2-1-4-16-15(11)20-13)17-12-6-10-3-5-18(8-10)9-12/h1-2,4,7,10,12H,3,5-6,8-9H2,(H,17,19)/t10-,12-/m1/s1. The number of thiophene rings is 1. The Balaban J connectivity index is 1.49. The van der Waals surface area contributed by atoms with E-state index in [0.29, 0.717) is 6.04 Å². The number of nitrogens with zero attached hydrogens (tertiary/aromatic N) is 2. The van der Waals surface area contributed by atoms with Crippen LogP contribution in [0.3, 0.4) is 0 Å². The molecule has 2 aromatic heterocycles. The average Bonchev–Trinajstić information content (AvgIpc) is 3.02. The zero-order chi connectivity index (χ0) is 13.5. The SMILES string of the molecule is O=C(N[C@@H]1C[C@H]2CCN(C2)C1)c1cc2cccnc2s1. The van der Waals surface area contributed by atoms with Crippen LogP contribution in [0.5, 0.6) is 0 Å². The molecular formula is C15H17N3OS. The summed E-state index contributed by atoms with van der Waals surface area (Å²) in [6.45, 7) is 3.43. The first-order valence-corrected chi connectivity index (χ1v) is 7.97. The van der Waals surface area contributed by atoms with E-state index in [1.165, 1.54) is 30.8 Å². The molecule has 2 fully saturated rings. The minimum absolute atomic E-state index is 0.0560. The van der Waals surface area contributed by atoms with Gasteiger partial charge in [-0.15, -0.1) is 11.3 Å². The van der Waals surface area contributed by atoms with Crippen molar-refractivity contribution in [2.24, 2.45) is 5.92 Å². The van der Waals surface area contributed by atoms with Crippen molar-refractivity contribution >= 4 is 27.5 Å². The molecule has 20 heavy (non-hydrogen) atoms. The highest BCUT2D eigenvalue weighted by molar-refractivity contribution is 7.20. The van der Waals surface area contributed by atoms with Gasteiger partial charge in [-0.1, -0.05) is 6.07 Å². The Morgan fingerprint density at radius 2 is 2.40 bits per heavy atom. The molecule has 4 rings (SSSR count). The smallest absolute Gasteiger partial charge is 0.261 e. The maximum absolute atomic E-state index is 12.4. The molecule has 1 N–H and O–H groups in total. The summed E-state index contributed by atoms with van der Waals surface area (Å²) in [4.78, 5) is 20.8. The molecule has 104 valence electrons. The first-order chi connectivity index (χ1) is 9.78. The Kier molecular flexibility index (Phi) is 2.97. The number of carbonyl (C=O) groups excluding carboxylic acids is 1. The molecule has 4 nitrogen and oxygen atoms in total. The minimum atomic E-state index is 0.0560. The van der Waals surface area contributed by atoms with Gasteiger partial charge in [-0.05, 0) is 37.4 Å². The number of aromatic nitrogens is 1. The van der Waals surface area contributed by atoms with E-state index >= 15 is 0 Å². The van der Waals surface area contributed by atoms with Crippen LogP contribution >= 0.6 is 11.3 Å². The van der Waals surface area contributed by atoms with Crippen LogP contribution in [0.1, 0.15) is 22.5 Å². The molecule has 0 aromatic carbocycles. The lowest BCUT2D eigenvalue weighted by molar-refractivity contribution is 0.0913. The number of hydrogen-bond donors (Lipinski definition) is 1. The van der Waals surface area contributed by atoms with Crippen molar-refractivity contribution in [3.8, 4) is 0 Å². The molecule has 4 heterocycles. The molecule has 0 aliphatic carbocycles. The predicted molar refractivity (Wildman–Crippen MR) is 80.0 cm³/mol. The third-order valence-corrected chi connectivity index (χ3v) is 5.38. The van der Waals surface area contributed by atoms with Gasteiger partial charge in [0.1, 0.15) is 4.83 Å². The summed E-state index contributed by atoms with van der Waals surface area (Å²) < 4.78 is 0. The van der Waals surface area contributed by atoms with Crippen LogP contribution in [0, 0.1) is 5.92 Å². The van der Waals surface area contributed by atoms with Crippen molar-refractivity contribution in [1.29, 1.82) is 0 Å². The zero-order valence-corrected chi connectivity index (χ0v) is 12.0. The number of hydrogen-bond acceptors (Lipinski definition) is 4. The molecule has 2 aromatic rings. The zero-order valence-electron chi connectivity index (χ0n) is 11.2. The lowest BCUT2D eigenvalue weighted by Gasteiger charge is -2.30. The number of carbonyl (C=O) groups is 1. The Morgan fingerprint density at radius 3 is 3.25 bits per heavy atom. The molecule has 2 aliphatic rings. The summed E-state index contributed by atoms with van der Waals surface area (Å²) in [5, 5.41) is 4.25. The molecule has 0 spiro atoms. The summed E-state index contributed by atoms with van der Waals surface area (Å²) in [6, 6.07) is 6.16. The molecule has 5 heteroatoms. The number of piperidine rings is 1. The van der Waals surface area contributed by atoms with Gasteiger partial charge in [0.05, 0.1) is 4.88 Å². The van der Waals surface area contributed by atoms with Crippen molar-refractivity contribution in [3.63, 3.8) is 0 Å². The molecule has 2 aliphatic heterocycles. The highest BCUT2D eigenvalue weighted by atomic mass is 32.1. The molecular weight excluding hydrogens is 270 g/mol. The third-order valence-electron chi connectivity index (χ3n) is 4.32. The monoisotopic (exact) mass is 287 g/mol. The molecule has 2 bridgehead atoms. The van der Waals surface area contributed by atoms with Crippen LogP contribution in [-0.4, -0.2) is 41.5 Å². The van der Waals surface area contributed by atoms with Crippen LogP contribution in [0.4, 0.5) is 0 Å². The minimum Gasteiger partial charge on any atom is -0.347 e. The topological polar surface area (TPSA) is 45.2 Å². The van der Waals surface area contributed by atoms with Crippen LogP contribution in [0.2, 0.25) is 0 Å². The quantitative estimate of drug-likeness (QED) is 0.920. The average molecular weight is 287 g/mol. The second kappa shape index (κ2) is 4.82. The molecule has 3 atom stereocenters. The molecule has 0 radical (unpaired) electrons. The normalized spacial score (nSPS) is 28.7. The van der Waals surface area contributed by atoms with E-state index in [0.717, 1.165) is 34.0 Å². The van der Waals surface area contributed by atoms with Crippen LogP contribution in [0.15, 0.2) is 24.4 Å². The van der Waals surface area contributed by atoms with Gasteiger partial charge in [0.15, 0.2) is 0 Å². The van der Waals surface area contributed by atoms with Crippen LogP contribution in [0.25, 0.3) is 10.2 Å². The fourth-order valence-electron chi connectivity index (χ4n) is 3.41. The van der Waals surface area contributed by atoms with Crippen LogP contribution in [-0.2, 0) is 0 Å². The Bertz CT molecular complexity index is 608. The second-order valence-electron chi connectivity index (χ2n) is 5.83. The molecule has 2 saturated heterocycles. The fourth-order valence-corrected chi connectivity index (χ4v) is 4.31. The van der Waals surface area contributed by atoms with E-state index in [2.05, 4.69) is 15.2 Å². The number of nitrogens with one attached hydrogen (secondary N) is 1. The first kappa shape index (κ1) is 12.3. The number of pyridine rings is 1. The van der Waals surface area contributed by atoms with Crippen molar-refractivity contribution in [2.75, 3.05) is 19.6 Å². The number of amides is 1.